The summed E-state index contributed by atoms with van der Waals surface area (Å²) in [6.07, 6.45) is 0. The smallest absolute Gasteiger partial charge is 0.231 e. The van der Waals surface area contributed by atoms with E-state index in [1.165, 1.54) is 11.8 Å². The van der Waals surface area contributed by atoms with Crippen LogP contribution in [0.2, 0.25) is 5.02 Å². The van der Waals surface area contributed by atoms with Crippen molar-refractivity contribution in [2.45, 2.75) is 18.1 Å². The molecular weight excluding hydrogens is 398 g/mol. The molecule has 9 heteroatoms. The highest BCUT2D eigenvalue weighted by molar-refractivity contribution is 7.99. The highest BCUT2D eigenvalue weighted by Gasteiger charge is 2.16. The molecule has 28 heavy (non-hydrogen) atoms. The summed E-state index contributed by atoms with van der Waals surface area (Å²) >= 11 is 7.27. The van der Waals surface area contributed by atoms with E-state index in [1.54, 1.807) is 16.8 Å². The van der Waals surface area contributed by atoms with Gasteiger partial charge in [0, 0.05) is 10.4 Å². The van der Waals surface area contributed by atoms with Crippen molar-refractivity contribution in [1.29, 1.82) is 0 Å². The van der Waals surface area contributed by atoms with Gasteiger partial charge in [-0.25, -0.2) is 0 Å². The van der Waals surface area contributed by atoms with Crippen molar-refractivity contribution in [3.63, 3.8) is 0 Å². The molecule has 0 saturated carbocycles. The van der Waals surface area contributed by atoms with Gasteiger partial charge in [0.1, 0.15) is 11.3 Å². The molecule has 0 radical (unpaired) electrons. The average Bonchev–Trinajstić information content (AvgIpc) is 3.33. The number of tetrazole rings is 1. The van der Waals surface area contributed by atoms with Gasteiger partial charge < -0.3 is 9.73 Å². The Morgan fingerprint density at radius 1 is 1.25 bits per heavy atom. The number of halogens is 1. The van der Waals surface area contributed by atoms with E-state index in [9.17, 15) is 4.79 Å². The first-order valence-electron chi connectivity index (χ1n) is 8.55. The Bertz CT molecular complexity index is 1090. The van der Waals surface area contributed by atoms with Crippen LogP contribution in [0.3, 0.4) is 0 Å². The molecule has 1 N–H and O–H groups in total. The number of para-hydroxylation sites is 1. The van der Waals surface area contributed by atoms with E-state index in [0.29, 0.717) is 15.9 Å². The van der Waals surface area contributed by atoms with E-state index in [4.69, 9.17) is 16.0 Å². The number of fused-ring (bicyclic) bond motifs is 1. The largest absolute Gasteiger partial charge is 0.459 e. The number of benzene rings is 2. The number of carbonyl (C=O) groups excluding carboxylic acids is 1. The second kappa shape index (κ2) is 8.04. The predicted molar refractivity (Wildman–Crippen MR) is 108 cm³/mol. The summed E-state index contributed by atoms with van der Waals surface area (Å²) in [5.41, 5.74) is 1.53. The fourth-order valence-electron chi connectivity index (χ4n) is 2.74. The van der Waals surface area contributed by atoms with Crippen LogP contribution < -0.4 is 5.32 Å². The van der Waals surface area contributed by atoms with Gasteiger partial charge in [0.15, 0.2) is 0 Å². The molecule has 4 rings (SSSR count). The van der Waals surface area contributed by atoms with Crippen LogP contribution in [0.1, 0.15) is 18.7 Å². The van der Waals surface area contributed by atoms with Gasteiger partial charge in [-0.3, -0.25) is 4.79 Å². The first-order chi connectivity index (χ1) is 13.6. The summed E-state index contributed by atoms with van der Waals surface area (Å²) in [6.45, 7) is 1.89. The number of rotatable bonds is 6. The zero-order valence-electron chi connectivity index (χ0n) is 14.9. The number of aromatic nitrogens is 4. The minimum absolute atomic E-state index is 0.140. The van der Waals surface area contributed by atoms with Crippen LogP contribution in [0, 0.1) is 0 Å². The van der Waals surface area contributed by atoms with Crippen LogP contribution in [-0.4, -0.2) is 31.9 Å². The van der Waals surface area contributed by atoms with Crippen LogP contribution in [0.4, 0.5) is 0 Å². The van der Waals surface area contributed by atoms with E-state index in [0.717, 1.165) is 16.7 Å². The van der Waals surface area contributed by atoms with Crippen LogP contribution in [0.5, 0.6) is 0 Å². The van der Waals surface area contributed by atoms with Crippen molar-refractivity contribution < 1.29 is 9.21 Å². The van der Waals surface area contributed by atoms with Crippen molar-refractivity contribution in [3.05, 3.63) is 65.4 Å². The molecule has 1 atom stereocenters. The van der Waals surface area contributed by atoms with Gasteiger partial charge in [-0.1, -0.05) is 47.6 Å². The Hall–Kier alpha value is -2.84. The molecule has 0 bridgehead atoms. The minimum Gasteiger partial charge on any atom is -0.459 e. The highest BCUT2D eigenvalue weighted by Crippen LogP contribution is 2.24. The monoisotopic (exact) mass is 413 g/mol. The fourth-order valence-corrected chi connectivity index (χ4v) is 3.63. The fraction of sp³-hybridized carbons (Fsp3) is 0.158. The Morgan fingerprint density at radius 2 is 2.11 bits per heavy atom. The van der Waals surface area contributed by atoms with Crippen molar-refractivity contribution in [3.8, 4) is 5.69 Å². The van der Waals surface area contributed by atoms with Crippen LogP contribution >= 0.6 is 23.4 Å². The quantitative estimate of drug-likeness (QED) is 0.480. The molecule has 0 unspecified atom stereocenters. The summed E-state index contributed by atoms with van der Waals surface area (Å²) in [6, 6.07) is 16.6. The lowest BCUT2D eigenvalue weighted by Gasteiger charge is -2.11. The maximum Gasteiger partial charge on any atom is 0.231 e. The summed E-state index contributed by atoms with van der Waals surface area (Å²) < 4.78 is 7.35. The summed E-state index contributed by atoms with van der Waals surface area (Å²) in [5, 5.41) is 16.7. The number of nitrogens with one attached hydrogen (secondary N) is 1. The van der Waals surface area contributed by atoms with Crippen molar-refractivity contribution in [2.75, 3.05) is 5.75 Å². The number of thioether (sulfide) groups is 1. The predicted octanol–water partition coefficient (Wildman–Crippen LogP) is 4.03. The van der Waals surface area contributed by atoms with Gasteiger partial charge in [-0.05, 0) is 47.7 Å². The number of hydrogen-bond acceptors (Lipinski definition) is 6. The lowest BCUT2D eigenvalue weighted by molar-refractivity contribution is -0.119. The molecule has 0 saturated heterocycles. The SMILES string of the molecule is C[C@H](NC(=O)CSc1nnnn1-c1cccc(Cl)c1)c1cc2ccccc2o1. The molecule has 2 aromatic heterocycles. The number of carbonyl (C=O) groups is 1. The summed E-state index contributed by atoms with van der Waals surface area (Å²) in [7, 11) is 0. The number of amides is 1. The summed E-state index contributed by atoms with van der Waals surface area (Å²) in [5.74, 6) is 0.743. The van der Waals surface area contributed by atoms with Crippen LogP contribution in [0.15, 0.2) is 64.2 Å². The molecule has 0 aliphatic carbocycles. The number of hydrogen-bond donors (Lipinski definition) is 1. The Balaban J connectivity index is 1.39. The molecule has 4 aromatic rings. The molecule has 2 heterocycles. The lowest BCUT2D eigenvalue weighted by atomic mass is 10.2. The van der Waals surface area contributed by atoms with Crippen molar-refractivity contribution in [1.82, 2.24) is 25.5 Å². The van der Waals surface area contributed by atoms with Gasteiger partial charge in [-0.2, -0.15) is 4.68 Å². The molecule has 0 aliphatic heterocycles. The van der Waals surface area contributed by atoms with E-state index in [2.05, 4.69) is 20.8 Å². The molecule has 0 aliphatic rings. The van der Waals surface area contributed by atoms with Gasteiger partial charge in [0.2, 0.25) is 11.1 Å². The third-order valence-electron chi connectivity index (χ3n) is 4.07. The molecule has 0 fully saturated rings. The van der Waals surface area contributed by atoms with Gasteiger partial charge in [0.25, 0.3) is 0 Å². The maximum atomic E-state index is 12.4. The van der Waals surface area contributed by atoms with Gasteiger partial charge in [-0.15, -0.1) is 5.10 Å². The van der Waals surface area contributed by atoms with E-state index in [1.807, 2.05) is 49.4 Å². The molecular formula is C19H16ClN5O2S. The Morgan fingerprint density at radius 3 is 2.93 bits per heavy atom. The zero-order chi connectivity index (χ0) is 19.5. The lowest BCUT2D eigenvalue weighted by Crippen LogP contribution is -2.28. The first kappa shape index (κ1) is 18.5. The van der Waals surface area contributed by atoms with E-state index < -0.39 is 0 Å². The third kappa shape index (κ3) is 4.02. The average molecular weight is 414 g/mol. The second-order valence-corrected chi connectivity index (χ2v) is 7.50. The molecule has 142 valence electrons. The molecule has 2 aromatic carbocycles. The molecule has 7 nitrogen and oxygen atoms in total. The van der Waals surface area contributed by atoms with Gasteiger partial charge >= 0.3 is 0 Å². The Kier molecular flexibility index (Phi) is 5.31. The normalized spacial score (nSPS) is 12.2. The maximum absolute atomic E-state index is 12.4. The molecule has 0 spiro atoms. The van der Waals surface area contributed by atoms with Crippen LogP contribution in [0.25, 0.3) is 16.7 Å². The van der Waals surface area contributed by atoms with E-state index >= 15 is 0 Å². The third-order valence-corrected chi connectivity index (χ3v) is 5.23. The number of furan rings is 1. The summed E-state index contributed by atoms with van der Waals surface area (Å²) in [4.78, 5) is 12.4. The minimum atomic E-state index is -0.246. The van der Waals surface area contributed by atoms with Gasteiger partial charge in [0.05, 0.1) is 17.5 Å². The standard InChI is InChI=1S/C19H16ClN5O2S/c1-12(17-9-13-5-2-3-8-16(13)27-17)21-18(26)11-28-19-22-23-24-25(19)15-7-4-6-14(20)10-15/h2-10,12H,11H2,1H3,(H,21,26)/t12-/m0/s1. The number of nitrogens with zero attached hydrogens (tertiary/aromatic N) is 4. The topological polar surface area (TPSA) is 85.8 Å². The molecule has 1 amide bonds. The zero-order valence-corrected chi connectivity index (χ0v) is 16.4. The Labute approximate surface area is 170 Å². The van der Waals surface area contributed by atoms with E-state index in [-0.39, 0.29) is 17.7 Å². The van der Waals surface area contributed by atoms with Crippen LogP contribution in [-0.2, 0) is 4.79 Å². The highest BCUT2D eigenvalue weighted by atomic mass is 35.5. The van der Waals surface area contributed by atoms with Crippen molar-refractivity contribution in [2.24, 2.45) is 0 Å². The first-order valence-corrected chi connectivity index (χ1v) is 9.91. The van der Waals surface area contributed by atoms with Crippen molar-refractivity contribution >= 4 is 40.2 Å². The second-order valence-electron chi connectivity index (χ2n) is 6.12.